The van der Waals surface area contributed by atoms with Crippen LogP contribution in [0.15, 0.2) is 29.3 Å². The molecule has 6 heteroatoms. The van der Waals surface area contributed by atoms with Crippen molar-refractivity contribution >= 4 is 12.1 Å². The van der Waals surface area contributed by atoms with Crippen LogP contribution >= 0.6 is 0 Å². The minimum absolute atomic E-state index is 0.415. The Balaban J connectivity index is 2.24. The molecule has 0 fully saturated rings. The van der Waals surface area contributed by atoms with Crippen molar-refractivity contribution < 1.29 is 9.53 Å². The number of aryl methyl sites for hydroxylation is 1. The minimum Gasteiger partial charge on any atom is -0.444 e. The molecule has 1 rings (SSSR count). The summed E-state index contributed by atoms with van der Waals surface area (Å²) in [7, 11) is 1.71. The largest absolute Gasteiger partial charge is 0.444 e. The number of benzene rings is 1. The van der Waals surface area contributed by atoms with Gasteiger partial charge in [-0.05, 0) is 33.3 Å². The maximum atomic E-state index is 11.5. The Labute approximate surface area is 138 Å². The molecular formula is C17H28N4O2. The zero-order valence-corrected chi connectivity index (χ0v) is 14.7. The normalized spacial score (nSPS) is 11.8. The monoisotopic (exact) mass is 320 g/mol. The van der Waals surface area contributed by atoms with Gasteiger partial charge in [-0.25, -0.2) is 4.79 Å². The zero-order chi connectivity index (χ0) is 17.3. The number of aliphatic imine (C=N–C) groups is 1. The average molecular weight is 320 g/mol. The summed E-state index contributed by atoms with van der Waals surface area (Å²) in [5.41, 5.74) is 1.94. The molecule has 23 heavy (non-hydrogen) atoms. The van der Waals surface area contributed by atoms with Gasteiger partial charge in [0.15, 0.2) is 5.96 Å². The van der Waals surface area contributed by atoms with E-state index in [2.05, 4.69) is 52.1 Å². The van der Waals surface area contributed by atoms with E-state index in [1.54, 1.807) is 7.05 Å². The van der Waals surface area contributed by atoms with Crippen LogP contribution in [0.2, 0.25) is 0 Å². The average Bonchev–Trinajstić information content (AvgIpc) is 2.46. The van der Waals surface area contributed by atoms with Gasteiger partial charge >= 0.3 is 6.09 Å². The van der Waals surface area contributed by atoms with Crippen molar-refractivity contribution in [3.8, 4) is 0 Å². The molecule has 0 atom stereocenters. The Morgan fingerprint density at radius 3 is 2.26 bits per heavy atom. The minimum atomic E-state index is -0.483. The van der Waals surface area contributed by atoms with Gasteiger partial charge in [0.25, 0.3) is 0 Å². The third-order valence-corrected chi connectivity index (χ3v) is 2.89. The molecule has 0 unspecified atom stereocenters. The Morgan fingerprint density at radius 1 is 1.09 bits per heavy atom. The molecular weight excluding hydrogens is 292 g/mol. The highest BCUT2D eigenvalue weighted by Gasteiger charge is 2.15. The fourth-order valence-electron chi connectivity index (χ4n) is 1.77. The lowest BCUT2D eigenvalue weighted by Gasteiger charge is -2.20. The van der Waals surface area contributed by atoms with Crippen LogP contribution < -0.4 is 16.0 Å². The maximum absolute atomic E-state index is 11.5. The van der Waals surface area contributed by atoms with E-state index >= 15 is 0 Å². The van der Waals surface area contributed by atoms with E-state index in [1.807, 2.05) is 20.8 Å². The molecule has 0 saturated heterocycles. The van der Waals surface area contributed by atoms with Gasteiger partial charge < -0.3 is 20.7 Å². The molecule has 0 aliphatic carbocycles. The fourth-order valence-corrected chi connectivity index (χ4v) is 1.77. The maximum Gasteiger partial charge on any atom is 0.407 e. The number of nitrogens with one attached hydrogen (secondary N) is 3. The predicted octanol–water partition coefficient (Wildman–Crippen LogP) is 2.18. The number of hydrogen-bond donors (Lipinski definition) is 3. The van der Waals surface area contributed by atoms with Crippen LogP contribution in [0.25, 0.3) is 0 Å². The zero-order valence-electron chi connectivity index (χ0n) is 14.7. The lowest BCUT2D eigenvalue weighted by Crippen LogP contribution is -2.42. The quantitative estimate of drug-likeness (QED) is 0.442. The van der Waals surface area contributed by atoms with Crippen LogP contribution in [0.5, 0.6) is 0 Å². The number of guanidine groups is 1. The van der Waals surface area contributed by atoms with Crippen LogP contribution in [0.4, 0.5) is 4.79 Å². The van der Waals surface area contributed by atoms with E-state index in [1.165, 1.54) is 11.1 Å². The Kier molecular flexibility index (Phi) is 7.38. The number of nitrogens with zero attached hydrogens (tertiary/aromatic N) is 1. The van der Waals surface area contributed by atoms with Crippen molar-refractivity contribution in [1.82, 2.24) is 16.0 Å². The van der Waals surface area contributed by atoms with Gasteiger partial charge in [0, 0.05) is 26.7 Å². The topological polar surface area (TPSA) is 74.8 Å². The van der Waals surface area contributed by atoms with Crippen molar-refractivity contribution in [2.45, 2.75) is 39.8 Å². The third kappa shape index (κ3) is 8.70. The summed E-state index contributed by atoms with van der Waals surface area (Å²) in [6.07, 6.45) is -0.415. The molecule has 128 valence electrons. The van der Waals surface area contributed by atoms with E-state index in [-0.39, 0.29) is 0 Å². The first-order chi connectivity index (χ1) is 10.8. The molecule has 0 spiro atoms. The second kappa shape index (κ2) is 9.02. The summed E-state index contributed by atoms with van der Waals surface area (Å²) >= 11 is 0. The van der Waals surface area contributed by atoms with Gasteiger partial charge in [-0.3, -0.25) is 4.99 Å². The number of alkyl carbamates (subject to hydrolysis) is 1. The van der Waals surface area contributed by atoms with Crippen molar-refractivity contribution in [3.05, 3.63) is 35.4 Å². The SMILES string of the molecule is CN=C(NCCNC(=O)OC(C)(C)C)NCc1ccc(C)cc1. The summed E-state index contributed by atoms with van der Waals surface area (Å²) in [4.78, 5) is 15.7. The molecule has 1 aromatic carbocycles. The van der Waals surface area contributed by atoms with Gasteiger partial charge in [0.05, 0.1) is 0 Å². The Morgan fingerprint density at radius 2 is 1.70 bits per heavy atom. The predicted molar refractivity (Wildman–Crippen MR) is 93.6 cm³/mol. The number of carbonyl (C=O) groups is 1. The van der Waals surface area contributed by atoms with Crippen molar-refractivity contribution in [3.63, 3.8) is 0 Å². The number of ether oxygens (including phenoxy) is 1. The lowest BCUT2D eigenvalue weighted by molar-refractivity contribution is 0.0529. The Hall–Kier alpha value is -2.24. The van der Waals surface area contributed by atoms with Crippen molar-refractivity contribution in [2.75, 3.05) is 20.1 Å². The standard InChI is InChI=1S/C17H28N4O2/c1-13-6-8-14(9-7-13)12-21-15(18-5)19-10-11-20-16(22)23-17(2,3)4/h6-9H,10-12H2,1-5H3,(H,20,22)(H2,18,19,21). The number of hydrogen-bond acceptors (Lipinski definition) is 3. The van der Waals surface area contributed by atoms with Gasteiger partial charge in [0.2, 0.25) is 0 Å². The number of rotatable bonds is 5. The second-order valence-corrected chi connectivity index (χ2v) is 6.27. The van der Waals surface area contributed by atoms with Crippen LogP contribution in [0.3, 0.4) is 0 Å². The summed E-state index contributed by atoms with van der Waals surface area (Å²) in [5, 5.41) is 9.06. The van der Waals surface area contributed by atoms with E-state index in [9.17, 15) is 4.79 Å². The first kappa shape index (κ1) is 18.8. The van der Waals surface area contributed by atoms with Crippen LogP contribution in [-0.4, -0.2) is 37.8 Å². The summed E-state index contributed by atoms with van der Waals surface area (Å²) in [6, 6.07) is 8.33. The molecule has 6 nitrogen and oxygen atoms in total. The Bertz CT molecular complexity index is 518. The van der Waals surface area contributed by atoms with E-state index in [4.69, 9.17) is 4.74 Å². The van der Waals surface area contributed by atoms with Gasteiger partial charge in [0.1, 0.15) is 5.60 Å². The molecule has 1 amide bonds. The fraction of sp³-hybridized carbons (Fsp3) is 0.529. The molecule has 0 aliphatic rings. The summed E-state index contributed by atoms with van der Waals surface area (Å²) < 4.78 is 5.16. The van der Waals surface area contributed by atoms with Gasteiger partial charge in [-0.2, -0.15) is 0 Å². The van der Waals surface area contributed by atoms with E-state index in [0.29, 0.717) is 25.6 Å². The van der Waals surface area contributed by atoms with Crippen molar-refractivity contribution in [2.24, 2.45) is 4.99 Å². The van der Waals surface area contributed by atoms with Crippen LogP contribution in [0, 0.1) is 6.92 Å². The highest BCUT2D eigenvalue weighted by atomic mass is 16.6. The van der Waals surface area contributed by atoms with Crippen molar-refractivity contribution in [1.29, 1.82) is 0 Å². The van der Waals surface area contributed by atoms with Crippen LogP contribution in [-0.2, 0) is 11.3 Å². The molecule has 0 heterocycles. The molecule has 0 aliphatic heterocycles. The molecule has 0 bridgehead atoms. The highest BCUT2D eigenvalue weighted by Crippen LogP contribution is 2.06. The molecule has 3 N–H and O–H groups in total. The summed E-state index contributed by atoms with van der Waals surface area (Å²) in [5.74, 6) is 0.691. The number of amides is 1. The van der Waals surface area contributed by atoms with Crippen LogP contribution in [0.1, 0.15) is 31.9 Å². The molecule has 0 aromatic heterocycles. The van der Waals surface area contributed by atoms with E-state index < -0.39 is 11.7 Å². The summed E-state index contributed by atoms with van der Waals surface area (Å²) in [6.45, 7) is 9.28. The van der Waals surface area contributed by atoms with E-state index in [0.717, 1.165) is 0 Å². The number of carbonyl (C=O) groups excluding carboxylic acids is 1. The molecule has 1 aromatic rings. The smallest absolute Gasteiger partial charge is 0.407 e. The highest BCUT2D eigenvalue weighted by molar-refractivity contribution is 5.79. The first-order valence-corrected chi connectivity index (χ1v) is 7.77. The molecule has 0 radical (unpaired) electrons. The lowest BCUT2D eigenvalue weighted by atomic mass is 10.1. The van der Waals surface area contributed by atoms with Gasteiger partial charge in [-0.15, -0.1) is 0 Å². The van der Waals surface area contributed by atoms with Gasteiger partial charge in [-0.1, -0.05) is 29.8 Å². The third-order valence-electron chi connectivity index (χ3n) is 2.89. The first-order valence-electron chi connectivity index (χ1n) is 7.77. The molecule has 0 saturated carbocycles. The second-order valence-electron chi connectivity index (χ2n) is 6.27.